The molecular formula is C6H7NO2W. The maximum atomic E-state index is 10.1. The van der Waals surface area contributed by atoms with Gasteiger partial charge in [0.05, 0.1) is 0 Å². The maximum absolute atomic E-state index is 10.1. The summed E-state index contributed by atoms with van der Waals surface area (Å²) < 4.78 is 1.54. The van der Waals surface area contributed by atoms with E-state index in [2.05, 4.69) is 0 Å². The Bertz CT molecular complexity index is 196. The average Bonchev–Trinajstić information content (AvgIpc) is 1.89. The van der Waals surface area contributed by atoms with E-state index in [1.807, 2.05) is 6.92 Å². The molecule has 0 rings (SSSR count). The van der Waals surface area contributed by atoms with E-state index < -0.39 is 4.92 Å². The molecular weight excluding hydrogens is 302 g/mol. The van der Waals surface area contributed by atoms with Crippen LogP contribution in [0.3, 0.4) is 0 Å². The summed E-state index contributed by atoms with van der Waals surface area (Å²) in [5, 5.41) is 10.1. The summed E-state index contributed by atoms with van der Waals surface area (Å²) >= 11 is 1.09. The molecule has 0 amide bonds. The Kier molecular flexibility index (Phi) is 4.95. The first-order chi connectivity index (χ1) is 4.72. The van der Waals surface area contributed by atoms with Gasteiger partial charge in [0.1, 0.15) is 0 Å². The van der Waals surface area contributed by atoms with Gasteiger partial charge in [-0.05, 0) is 0 Å². The van der Waals surface area contributed by atoms with Gasteiger partial charge >= 0.3 is 69.6 Å². The summed E-state index contributed by atoms with van der Waals surface area (Å²) in [5.41, 5.74) is 0.160. The fraction of sp³-hybridized carbons (Fsp3) is 0.167. The molecule has 0 aromatic heterocycles. The number of allylic oxidation sites excluding steroid dienone is 4. The van der Waals surface area contributed by atoms with E-state index in [0.717, 1.165) is 19.4 Å². The fourth-order valence-corrected chi connectivity index (χ4v) is 0.929. The molecule has 0 aliphatic rings. The summed E-state index contributed by atoms with van der Waals surface area (Å²) in [6.07, 6.45) is 4.88. The van der Waals surface area contributed by atoms with E-state index in [0.29, 0.717) is 0 Å². The molecule has 0 aromatic carbocycles. The Morgan fingerprint density at radius 2 is 2.30 bits per heavy atom. The summed E-state index contributed by atoms with van der Waals surface area (Å²) in [7, 11) is 0. The van der Waals surface area contributed by atoms with Crippen LogP contribution >= 0.6 is 0 Å². The van der Waals surface area contributed by atoms with Crippen LogP contribution in [0.5, 0.6) is 0 Å². The normalized spacial score (nSPS) is 11.9. The van der Waals surface area contributed by atoms with Crippen LogP contribution in [0.4, 0.5) is 0 Å². The molecule has 0 fully saturated rings. The van der Waals surface area contributed by atoms with E-state index in [1.165, 1.54) is 6.08 Å². The Hall–Kier alpha value is -0.562. The van der Waals surface area contributed by atoms with Gasteiger partial charge in [0.2, 0.25) is 0 Å². The van der Waals surface area contributed by atoms with Crippen LogP contribution in [0.25, 0.3) is 0 Å². The zero-order valence-corrected chi connectivity index (χ0v) is 8.41. The molecule has 3 nitrogen and oxygen atoms in total. The van der Waals surface area contributed by atoms with Crippen LogP contribution in [0, 0.1) is 10.1 Å². The summed E-state index contributed by atoms with van der Waals surface area (Å²) in [4.78, 5) is 9.73. The monoisotopic (exact) mass is 309 g/mol. The first kappa shape index (κ1) is 9.44. The Balaban J connectivity index is 4.33. The molecule has 0 bridgehead atoms. The first-order valence-corrected chi connectivity index (χ1v) is 4.34. The third-order valence-electron chi connectivity index (χ3n) is 0.791. The SMILES string of the molecule is CC=C/C=C(\[CH]=[W])[N+](=O)[O-]. The molecule has 0 spiro atoms. The van der Waals surface area contributed by atoms with Crippen molar-refractivity contribution in [3.63, 3.8) is 0 Å². The zero-order chi connectivity index (χ0) is 7.98. The molecule has 10 heavy (non-hydrogen) atoms. The second-order valence-corrected chi connectivity index (χ2v) is 2.34. The van der Waals surface area contributed by atoms with Gasteiger partial charge in [-0.3, -0.25) is 0 Å². The van der Waals surface area contributed by atoms with Crippen LogP contribution in [0.2, 0.25) is 0 Å². The molecule has 0 aromatic rings. The van der Waals surface area contributed by atoms with E-state index >= 15 is 0 Å². The van der Waals surface area contributed by atoms with Gasteiger partial charge in [-0.15, -0.1) is 0 Å². The summed E-state index contributed by atoms with van der Waals surface area (Å²) in [6, 6.07) is 0. The zero-order valence-electron chi connectivity index (χ0n) is 5.48. The van der Waals surface area contributed by atoms with Gasteiger partial charge in [0, 0.05) is 0 Å². The van der Waals surface area contributed by atoms with Crippen molar-refractivity contribution in [3.8, 4) is 0 Å². The molecule has 0 saturated carbocycles. The number of rotatable bonds is 3. The van der Waals surface area contributed by atoms with E-state index in [9.17, 15) is 10.1 Å². The van der Waals surface area contributed by atoms with Crippen LogP contribution in [0.1, 0.15) is 6.92 Å². The Morgan fingerprint density at radius 3 is 2.60 bits per heavy atom. The number of hydrogen-bond acceptors (Lipinski definition) is 2. The van der Waals surface area contributed by atoms with E-state index in [4.69, 9.17) is 0 Å². The molecule has 54 valence electrons. The van der Waals surface area contributed by atoms with Crippen molar-refractivity contribution in [3.05, 3.63) is 34.0 Å². The van der Waals surface area contributed by atoms with Gasteiger partial charge in [0.25, 0.3) is 0 Å². The molecule has 0 atom stereocenters. The van der Waals surface area contributed by atoms with Crippen LogP contribution in [-0.4, -0.2) is 9.32 Å². The second-order valence-electron chi connectivity index (χ2n) is 1.49. The van der Waals surface area contributed by atoms with Gasteiger partial charge in [-0.2, -0.15) is 0 Å². The number of hydrogen-bond donors (Lipinski definition) is 0. The molecule has 0 aliphatic heterocycles. The molecule has 0 saturated heterocycles. The third kappa shape index (κ3) is 3.46. The van der Waals surface area contributed by atoms with Crippen LogP contribution in [0.15, 0.2) is 23.9 Å². The number of nitro groups is 1. The second kappa shape index (κ2) is 5.24. The van der Waals surface area contributed by atoms with Crippen molar-refractivity contribution in [2.75, 3.05) is 0 Å². The minimum absolute atomic E-state index is 0.160. The van der Waals surface area contributed by atoms with Gasteiger partial charge in [-0.25, -0.2) is 0 Å². The molecule has 0 N–H and O–H groups in total. The van der Waals surface area contributed by atoms with Crippen LogP contribution in [-0.2, 0) is 19.4 Å². The first-order valence-electron chi connectivity index (χ1n) is 2.65. The van der Waals surface area contributed by atoms with Crippen molar-refractivity contribution in [1.82, 2.24) is 0 Å². The molecule has 4 heteroatoms. The van der Waals surface area contributed by atoms with Crippen molar-refractivity contribution >= 4 is 4.40 Å². The summed E-state index contributed by atoms with van der Waals surface area (Å²) in [6.45, 7) is 1.82. The Morgan fingerprint density at radius 1 is 1.70 bits per heavy atom. The summed E-state index contributed by atoms with van der Waals surface area (Å²) in [5.74, 6) is 0. The van der Waals surface area contributed by atoms with E-state index in [-0.39, 0.29) is 5.70 Å². The predicted octanol–water partition coefficient (Wildman–Crippen LogP) is 1.07. The van der Waals surface area contributed by atoms with Crippen molar-refractivity contribution in [1.29, 1.82) is 0 Å². The predicted molar refractivity (Wildman–Crippen MR) is 36.0 cm³/mol. The number of nitrogens with zero attached hydrogens (tertiary/aromatic N) is 1. The van der Waals surface area contributed by atoms with Crippen molar-refractivity contribution in [2.24, 2.45) is 0 Å². The van der Waals surface area contributed by atoms with Crippen molar-refractivity contribution < 1.29 is 24.3 Å². The molecule has 0 heterocycles. The van der Waals surface area contributed by atoms with Crippen LogP contribution < -0.4 is 0 Å². The third-order valence-corrected chi connectivity index (χ3v) is 1.66. The molecule has 0 aliphatic carbocycles. The minimum atomic E-state index is -0.396. The Labute approximate surface area is 70.0 Å². The standard InChI is InChI=1S/C6H7NO2.W/c1-3-4-5-6(2)7(8)9;/h2-5H,1H3;/b4-3?,6-5+;. The average molecular weight is 309 g/mol. The van der Waals surface area contributed by atoms with Gasteiger partial charge in [-0.1, -0.05) is 0 Å². The topological polar surface area (TPSA) is 43.1 Å². The van der Waals surface area contributed by atoms with Gasteiger partial charge < -0.3 is 0 Å². The quantitative estimate of drug-likeness (QED) is 0.445. The molecule has 0 radical (unpaired) electrons. The van der Waals surface area contributed by atoms with E-state index in [1.54, 1.807) is 16.6 Å². The van der Waals surface area contributed by atoms with Crippen molar-refractivity contribution in [2.45, 2.75) is 6.92 Å². The van der Waals surface area contributed by atoms with Gasteiger partial charge in [0.15, 0.2) is 0 Å². The fourth-order valence-electron chi connectivity index (χ4n) is 0.338. The molecule has 0 unspecified atom stereocenters.